The van der Waals surface area contributed by atoms with Gasteiger partial charge >= 0.3 is 0 Å². The predicted molar refractivity (Wildman–Crippen MR) is 72.1 cm³/mol. The number of nitrogens with one attached hydrogen (secondary N) is 1. The van der Waals surface area contributed by atoms with Crippen LogP contribution in [0.3, 0.4) is 0 Å². The van der Waals surface area contributed by atoms with Gasteiger partial charge in [-0.3, -0.25) is 0 Å². The molecule has 0 amide bonds. The number of rotatable bonds is 5. The van der Waals surface area contributed by atoms with Crippen LogP contribution < -0.4 is 5.32 Å². The van der Waals surface area contributed by atoms with Crippen molar-refractivity contribution < 1.29 is 4.74 Å². The first-order valence-electron chi connectivity index (χ1n) is 6.99. The largest absolute Gasteiger partial charge is 0.369 e. The molecule has 1 unspecified atom stereocenters. The fourth-order valence-corrected chi connectivity index (χ4v) is 2.82. The van der Waals surface area contributed by atoms with Crippen molar-refractivity contribution in [2.24, 2.45) is 5.92 Å². The van der Waals surface area contributed by atoms with Crippen LogP contribution in [0.15, 0.2) is 12.2 Å². The fourth-order valence-electron chi connectivity index (χ4n) is 2.82. The van der Waals surface area contributed by atoms with Gasteiger partial charge in [-0.25, -0.2) is 0 Å². The summed E-state index contributed by atoms with van der Waals surface area (Å²) in [6.07, 6.45) is 9.72. The molecule has 1 saturated heterocycles. The molecule has 1 heterocycles. The van der Waals surface area contributed by atoms with Gasteiger partial charge in [-0.2, -0.15) is 0 Å². The Kier molecular flexibility index (Phi) is 3.65. The van der Waals surface area contributed by atoms with E-state index in [9.17, 15) is 0 Å². The van der Waals surface area contributed by atoms with Crippen molar-refractivity contribution in [1.29, 1.82) is 0 Å². The summed E-state index contributed by atoms with van der Waals surface area (Å²) >= 11 is 0. The summed E-state index contributed by atoms with van der Waals surface area (Å²) in [4.78, 5) is 0. The SMILES string of the molecule is CC1(C)CC(/C=C/CCNC2CC2)C(C)(C)O1. The molecule has 1 aliphatic heterocycles. The lowest BCUT2D eigenvalue weighted by molar-refractivity contribution is -0.0706. The fraction of sp³-hybridized carbons (Fsp3) is 0.867. The van der Waals surface area contributed by atoms with Gasteiger partial charge in [0.1, 0.15) is 0 Å². The smallest absolute Gasteiger partial charge is 0.0697 e. The lowest BCUT2D eigenvalue weighted by Crippen LogP contribution is -2.28. The first kappa shape index (κ1) is 13.1. The van der Waals surface area contributed by atoms with E-state index in [1.807, 2.05) is 0 Å². The van der Waals surface area contributed by atoms with Gasteiger partial charge in [0, 0.05) is 12.0 Å². The highest BCUT2D eigenvalue weighted by Gasteiger charge is 2.44. The van der Waals surface area contributed by atoms with Gasteiger partial charge in [0.25, 0.3) is 0 Å². The van der Waals surface area contributed by atoms with Crippen LogP contribution in [0.25, 0.3) is 0 Å². The minimum absolute atomic E-state index is 0.01000. The van der Waals surface area contributed by atoms with Crippen molar-refractivity contribution in [3.63, 3.8) is 0 Å². The molecule has 2 rings (SSSR count). The standard InChI is InChI=1S/C15H27NO/c1-14(2)11-12(15(3,4)17-14)7-5-6-10-16-13-8-9-13/h5,7,12-13,16H,6,8-11H2,1-4H3/b7-5+. The molecule has 2 nitrogen and oxygen atoms in total. The summed E-state index contributed by atoms with van der Waals surface area (Å²) in [6.45, 7) is 9.92. The molecule has 0 aromatic carbocycles. The maximum Gasteiger partial charge on any atom is 0.0697 e. The van der Waals surface area contributed by atoms with Crippen LogP contribution in [-0.4, -0.2) is 23.8 Å². The van der Waals surface area contributed by atoms with E-state index in [-0.39, 0.29) is 11.2 Å². The third-order valence-corrected chi connectivity index (χ3v) is 3.83. The highest BCUT2D eigenvalue weighted by Crippen LogP contribution is 2.42. The zero-order valence-electron chi connectivity index (χ0n) is 11.8. The van der Waals surface area contributed by atoms with Crippen LogP contribution in [0.5, 0.6) is 0 Å². The van der Waals surface area contributed by atoms with Gasteiger partial charge in [-0.05, 0) is 59.9 Å². The van der Waals surface area contributed by atoms with E-state index in [1.54, 1.807) is 0 Å². The van der Waals surface area contributed by atoms with Crippen LogP contribution in [0, 0.1) is 5.92 Å². The summed E-state index contributed by atoms with van der Waals surface area (Å²) in [5.41, 5.74) is 0.0225. The molecule has 1 atom stereocenters. The van der Waals surface area contributed by atoms with Crippen molar-refractivity contribution in [2.75, 3.05) is 6.54 Å². The Bertz CT molecular complexity index is 289. The second-order valence-electron chi connectivity index (χ2n) is 6.72. The van der Waals surface area contributed by atoms with E-state index in [2.05, 4.69) is 45.2 Å². The molecule has 0 bridgehead atoms. The topological polar surface area (TPSA) is 21.3 Å². The molecule has 2 heteroatoms. The molecule has 0 aromatic heterocycles. The molecule has 0 radical (unpaired) electrons. The van der Waals surface area contributed by atoms with E-state index in [1.165, 1.54) is 12.8 Å². The van der Waals surface area contributed by atoms with E-state index < -0.39 is 0 Å². The van der Waals surface area contributed by atoms with Crippen LogP contribution in [0.4, 0.5) is 0 Å². The lowest BCUT2D eigenvalue weighted by Gasteiger charge is -2.26. The van der Waals surface area contributed by atoms with E-state index in [0.29, 0.717) is 5.92 Å². The number of hydrogen-bond acceptors (Lipinski definition) is 2. The van der Waals surface area contributed by atoms with Crippen LogP contribution in [0.2, 0.25) is 0 Å². The van der Waals surface area contributed by atoms with Crippen molar-refractivity contribution in [1.82, 2.24) is 5.32 Å². The average Bonchev–Trinajstić information content (AvgIpc) is 2.93. The van der Waals surface area contributed by atoms with Crippen molar-refractivity contribution in [3.05, 3.63) is 12.2 Å². The summed E-state index contributed by atoms with van der Waals surface area (Å²) < 4.78 is 6.09. The average molecular weight is 237 g/mol. The van der Waals surface area contributed by atoms with E-state index in [4.69, 9.17) is 4.74 Å². The highest BCUT2D eigenvalue weighted by atomic mass is 16.5. The molecule has 2 fully saturated rings. The first-order chi connectivity index (χ1) is 7.89. The molecule has 98 valence electrons. The Morgan fingerprint density at radius 3 is 2.47 bits per heavy atom. The Balaban J connectivity index is 1.74. The molecule has 1 saturated carbocycles. The monoisotopic (exact) mass is 237 g/mol. The van der Waals surface area contributed by atoms with Gasteiger partial charge in [-0.1, -0.05) is 12.2 Å². The lowest BCUT2D eigenvalue weighted by atomic mass is 9.87. The van der Waals surface area contributed by atoms with Crippen LogP contribution >= 0.6 is 0 Å². The van der Waals surface area contributed by atoms with Gasteiger partial charge in [-0.15, -0.1) is 0 Å². The third-order valence-electron chi connectivity index (χ3n) is 3.83. The van der Waals surface area contributed by atoms with E-state index in [0.717, 1.165) is 25.4 Å². The Morgan fingerprint density at radius 1 is 1.24 bits per heavy atom. The minimum atomic E-state index is -0.01000. The van der Waals surface area contributed by atoms with Crippen molar-refractivity contribution >= 4 is 0 Å². The number of ether oxygens (including phenoxy) is 1. The maximum atomic E-state index is 6.09. The first-order valence-corrected chi connectivity index (χ1v) is 6.99. The predicted octanol–water partition coefficient (Wildman–Crippen LogP) is 3.28. The normalized spacial score (nSPS) is 31.2. The van der Waals surface area contributed by atoms with Crippen molar-refractivity contribution in [2.45, 2.75) is 70.6 Å². The zero-order valence-corrected chi connectivity index (χ0v) is 11.8. The molecular weight excluding hydrogens is 210 g/mol. The highest BCUT2D eigenvalue weighted by molar-refractivity contribution is 5.04. The minimum Gasteiger partial charge on any atom is -0.369 e. The third kappa shape index (κ3) is 3.82. The van der Waals surface area contributed by atoms with E-state index >= 15 is 0 Å². The second-order valence-corrected chi connectivity index (χ2v) is 6.72. The molecule has 2 aliphatic rings. The number of hydrogen-bond donors (Lipinski definition) is 1. The van der Waals surface area contributed by atoms with Gasteiger partial charge in [0.15, 0.2) is 0 Å². The second kappa shape index (κ2) is 4.74. The quantitative estimate of drug-likeness (QED) is 0.585. The van der Waals surface area contributed by atoms with Crippen LogP contribution in [0.1, 0.15) is 53.4 Å². The molecule has 1 N–H and O–H groups in total. The summed E-state index contributed by atoms with van der Waals surface area (Å²) in [7, 11) is 0. The van der Waals surface area contributed by atoms with Crippen molar-refractivity contribution in [3.8, 4) is 0 Å². The summed E-state index contributed by atoms with van der Waals surface area (Å²) in [5, 5.41) is 3.54. The van der Waals surface area contributed by atoms with Crippen LogP contribution in [-0.2, 0) is 4.74 Å². The van der Waals surface area contributed by atoms with Gasteiger partial charge < -0.3 is 10.1 Å². The van der Waals surface area contributed by atoms with Gasteiger partial charge in [0.05, 0.1) is 11.2 Å². The molecule has 1 aliphatic carbocycles. The summed E-state index contributed by atoms with van der Waals surface area (Å²) in [6, 6.07) is 0.827. The molecule has 17 heavy (non-hydrogen) atoms. The summed E-state index contributed by atoms with van der Waals surface area (Å²) in [5.74, 6) is 0.554. The Hall–Kier alpha value is -0.340. The zero-order chi connectivity index (χ0) is 12.5. The molecule has 0 spiro atoms. The molecular formula is C15H27NO. The Labute approximate surface area is 106 Å². The van der Waals surface area contributed by atoms with Gasteiger partial charge in [0.2, 0.25) is 0 Å². The Morgan fingerprint density at radius 2 is 1.94 bits per heavy atom. The maximum absolute atomic E-state index is 6.09. The molecule has 0 aromatic rings.